The van der Waals surface area contributed by atoms with Crippen LogP contribution in [0.4, 0.5) is 0 Å². The van der Waals surface area contributed by atoms with Crippen molar-refractivity contribution < 1.29 is 18.4 Å². The van der Waals surface area contributed by atoms with E-state index >= 15 is 0 Å². The number of ether oxygens (including phenoxy) is 1. The number of amidine groups is 1. The van der Waals surface area contributed by atoms with Crippen LogP contribution in [-0.4, -0.2) is 37.6 Å². The number of nitrogens with two attached hydrogens (primary N) is 1. The number of oxime groups is 1. The predicted molar refractivity (Wildman–Crippen MR) is 76.5 cm³/mol. The minimum atomic E-state index is -3.08. The van der Waals surface area contributed by atoms with E-state index in [4.69, 9.17) is 15.7 Å². The van der Waals surface area contributed by atoms with E-state index < -0.39 is 9.84 Å². The molecule has 0 atom stereocenters. The minimum absolute atomic E-state index is 0.0174. The van der Waals surface area contributed by atoms with Crippen molar-refractivity contribution in [2.75, 3.05) is 18.1 Å². The predicted octanol–water partition coefficient (Wildman–Crippen LogP) is 1.36. The molecule has 0 unspecified atom stereocenters. The van der Waals surface area contributed by atoms with Crippen molar-refractivity contribution in [3.63, 3.8) is 0 Å². The molecular formula is C11H15BrN2O4S. The van der Waals surface area contributed by atoms with Crippen molar-refractivity contribution in [2.45, 2.75) is 6.92 Å². The summed E-state index contributed by atoms with van der Waals surface area (Å²) in [5, 5.41) is 11.6. The van der Waals surface area contributed by atoms with Gasteiger partial charge in [0, 0.05) is 10.2 Å². The Labute approximate surface area is 120 Å². The average Bonchev–Trinajstić information content (AvgIpc) is 2.39. The van der Waals surface area contributed by atoms with Crippen LogP contribution in [0.15, 0.2) is 27.8 Å². The molecule has 0 saturated carbocycles. The fourth-order valence-electron chi connectivity index (χ4n) is 1.31. The van der Waals surface area contributed by atoms with Crippen molar-refractivity contribution in [3.8, 4) is 5.75 Å². The van der Waals surface area contributed by atoms with E-state index in [2.05, 4.69) is 21.1 Å². The number of benzene rings is 1. The Bertz CT molecular complexity index is 572. The maximum atomic E-state index is 11.3. The van der Waals surface area contributed by atoms with Crippen LogP contribution >= 0.6 is 15.9 Å². The van der Waals surface area contributed by atoms with Crippen LogP contribution in [0.3, 0.4) is 0 Å². The molecule has 1 rings (SSSR count). The largest absolute Gasteiger partial charge is 0.492 e. The Balaban J connectivity index is 2.84. The van der Waals surface area contributed by atoms with Crippen LogP contribution in [0.1, 0.15) is 12.5 Å². The number of hydrogen-bond donors (Lipinski definition) is 2. The quantitative estimate of drug-likeness (QED) is 0.349. The SMILES string of the molecule is CCS(=O)(=O)CCOc1ccc(Br)cc1/C(N)=N/O. The number of hydrogen-bond acceptors (Lipinski definition) is 5. The molecule has 0 aromatic heterocycles. The summed E-state index contributed by atoms with van der Waals surface area (Å²) in [4.78, 5) is 0. The van der Waals surface area contributed by atoms with Gasteiger partial charge in [0.05, 0.1) is 11.3 Å². The van der Waals surface area contributed by atoms with E-state index in [1.807, 2.05) is 0 Å². The Kier molecular flexibility index (Phi) is 5.61. The number of halogens is 1. The van der Waals surface area contributed by atoms with E-state index in [0.29, 0.717) is 11.3 Å². The van der Waals surface area contributed by atoms with E-state index in [9.17, 15) is 8.42 Å². The highest BCUT2D eigenvalue weighted by molar-refractivity contribution is 9.10. The van der Waals surface area contributed by atoms with Crippen molar-refractivity contribution >= 4 is 31.6 Å². The first-order valence-electron chi connectivity index (χ1n) is 5.50. The third-order valence-electron chi connectivity index (χ3n) is 2.42. The van der Waals surface area contributed by atoms with Crippen molar-refractivity contribution in [2.24, 2.45) is 10.9 Å². The van der Waals surface area contributed by atoms with E-state index in [1.54, 1.807) is 25.1 Å². The molecule has 0 amide bonds. The molecule has 0 aliphatic carbocycles. The fraction of sp³-hybridized carbons (Fsp3) is 0.364. The third kappa shape index (κ3) is 4.71. The molecule has 1 aromatic rings. The lowest BCUT2D eigenvalue weighted by molar-refractivity contribution is 0.317. The second-order valence-electron chi connectivity index (χ2n) is 3.71. The summed E-state index contributed by atoms with van der Waals surface area (Å²) in [5.41, 5.74) is 5.92. The van der Waals surface area contributed by atoms with Gasteiger partial charge in [-0.05, 0) is 18.2 Å². The molecule has 106 valence electrons. The first-order chi connectivity index (χ1) is 8.89. The fourth-order valence-corrected chi connectivity index (χ4v) is 2.29. The zero-order chi connectivity index (χ0) is 14.5. The maximum absolute atomic E-state index is 11.3. The summed E-state index contributed by atoms with van der Waals surface area (Å²) in [7, 11) is -3.08. The van der Waals surface area contributed by atoms with Gasteiger partial charge in [-0.25, -0.2) is 8.42 Å². The molecule has 8 heteroatoms. The Morgan fingerprint density at radius 2 is 2.21 bits per heavy atom. The molecule has 0 aliphatic heterocycles. The zero-order valence-corrected chi connectivity index (χ0v) is 12.7. The van der Waals surface area contributed by atoms with Gasteiger partial charge in [-0.2, -0.15) is 0 Å². The molecule has 6 nitrogen and oxygen atoms in total. The second kappa shape index (κ2) is 6.76. The third-order valence-corrected chi connectivity index (χ3v) is 4.58. The van der Waals surface area contributed by atoms with Gasteiger partial charge in [-0.1, -0.05) is 28.0 Å². The Morgan fingerprint density at radius 3 is 2.79 bits per heavy atom. The molecule has 0 aliphatic rings. The molecule has 1 aromatic carbocycles. The van der Waals surface area contributed by atoms with Gasteiger partial charge in [0.25, 0.3) is 0 Å². The van der Waals surface area contributed by atoms with Crippen LogP contribution in [0.2, 0.25) is 0 Å². The normalized spacial score (nSPS) is 12.4. The van der Waals surface area contributed by atoms with Gasteiger partial charge >= 0.3 is 0 Å². The molecule has 3 N–H and O–H groups in total. The molecule has 0 spiro atoms. The molecule has 19 heavy (non-hydrogen) atoms. The number of rotatable bonds is 6. The monoisotopic (exact) mass is 350 g/mol. The smallest absolute Gasteiger partial charge is 0.173 e. The highest BCUT2D eigenvalue weighted by atomic mass is 79.9. The van der Waals surface area contributed by atoms with Gasteiger partial charge in [-0.15, -0.1) is 0 Å². The molecule has 0 fully saturated rings. The summed E-state index contributed by atoms with van der Waals surface area (Å²) < 4.78 is 28.8. The summed E-state index contributed by atoms with van der Waals surface area (Å²) in [5.74, 6) is 0.262. The van der Waals surface area contributed by atoms with E-state index in [1.165, 1.54) is 0 Å². The second-order valence-corrected chi connectivity index (χ2v) is 7.10. The summed E-state index contributed by atoms with van der Waals surface area (Å²) in [6, 6.07) is 4.96. The topological polar surface area (TPSA) is 102 Å². The van der Waals surface area contributed by atoms with Crippen LogP contribution < -0.4 is 10.5 Å². The Morgan fingerprint density at radius 1 is 1.53 bits per heavy atom. The highest BCUT2D eigenvalue weighted by Crippen LogP contribution is 2.23. The van der Waals surface area contributed by atoms with Gasteiger partial charge in [0.1, 0.15) is 12.4 Å². The number of nitrogens with zero attached hydrogens (tertiary/aromatic N) is 1. The van der Waals surface area contributed by atoms with Gasteiger partial charge in [-0.3, -0.25) is 0 Å². The van der Waals surface area contributed by atoms with Crippen LogP contribution in [0.25, 0.3) is 0 Å². The van der Waals surface area contributed by atoms with Gasteiger partial charge < -0.3 is 15.7 Å². The Hall–Kier alpha value is -1.28. The van der Waals surface area contributed by atoms with E-state index in [-0.39, 0.29) is 23.9 Å². The molecular weight excluding hydrogens is 336 g/mol. The summed E-state index contributed by atoms with van der Waals surface area (Å²) in [6.45, 7) is 1.60. The number of sulfone groups is 1. The molecule has 0 saturated heterocycles. The lowest BCUT2D eigenvalue weighted by Crippen LogP contribution is -2.18. The van der Waals surface area contributed by atoms with Gasteiger partial charge in [0.2, 0.25) is 0 Å². The first kappa shape index (κ1) is 15.8. The lowest BCUT2D eigenvalue weighted by Gasteiger charge is -2.11. The summed E-state index contributed by atoms with van der Waals surface area (Å²) >= 11 is 3.26. The summed E-state index contributed by atoms with van der Waals surface area (Å²) in [6.07, 6.45) is 0. The molecule has 0 heterocycles. The highest BCUT2D eigenvalue weighted by Gasteiger charge is 2.12. The standard InChI is InChI=1S/C11H15BrN2O4S/c1-2-19(16,17)6-5-18-10-4-3-8(12)7-9(10)11(13)14-15/h3-4,7,15H,2,5-6H2,1H3,(H2,13,14). The van der Waals surface area contributed by atoms with Crippen LogP contribution in [0, 0.1) is 0 Å². The minimum Gasteiger partial charge on any atom is -0.492 e. The van der Waals surface area contributed by atoms with Gasteiger partial charge in [0.15, 0.2) is 15.7 Å². The van der Waals surface area contributed by atoms with Crippen LogP contribution in [0.5, 0.6) is 5.75 Å². The molecule has 0 radical (unpaired) electrons. The maximum Gasteiger partial charge on any atom is 0.173 e. The van der Waals surface area contributed by atoms with Crippen molar-refractivity contribution in [1.82, 2.24) is 0 Å². The first-order valence-corrected chi connectivity index (χ1v) is 8.11. The molecule has 0 bridgehead atoms. The lowest BCUT2D eigenvalue weighted by atomic mass is 10.2. The van der Waals surface area contributed by atoms with Crippen molar-refractivity contribution in [1.29, 1.82) is 0 Å². The van der Waals surface area contributed by atoms with E-state index in [0.717, 1.165) is 4.47 Å². The zero-order valence-electron chi connectivity index (χ0n) is 10.3. The van der Waals surface area contributed by atoms with Crippen molar-refractivity contribution in [3.05, 3.63) is 28.2 Å². The average molecular weight is 351 g/mol. The van der Waals surface area contributed by atoms with Crippen LogP contribution in [-0.2, 0) is 9.84 Å².